The van der Waals surface area contributed by atoms with Crippen LogP contribution in [-0.2, 0) is 0 Å². The monoisotopic (exact) mass is 313 g/mol. The second-order valence-electron chi connectivity index (χ2n) is 3.61. The van der Waals surface area contributed by atoms with E-state index < -0.39 is 6.03 Å². The minimum Gasteiger partial charge on any atom is -0.489 e. The lowest BCUT2D eigenvalue weighted by Gasteiger charge is -2.09. The molecule has 0 spiro atoms. The lowest BCUT2D eigenvalue weighted by atomic mass is 10.2. The highest BCUT2D eigenvalue weighted by molar-refractivity contribution is 9.10. The molecule has 1 heterocycles. The summed E-state index contributed by atoms with van der Waals surface area (Å²) in [6.07, 6.45) is 2.32. The first-order valence-corrected chi connectivity index (χ1v) is 6.14. The number of fused-ring (bicyclic) bond motifs is 1. The third kappa shape index (κ3) is 3.13. The van der Waals surface area contributed by atoms with E-state index in [1.807, 2.05) is 6.07 Å². The maximum atomic E-state index is 10.5. The predicted molar refractivity (Wildman–Crippen MR) is 70.1 cm³/mol. The molecule has 0 saturated carbocycles. The second-order valence-corrected chi connectivity index (χ2v) is 4.47. The average molecular weight is 314 g/mol. The molecule has 2 rings (SSSR count). The lowest BCUT2D eigenvalue weighted by molar-refractivity contribution is 0.249. The summed E-state index contributed by atoms with van der Waals surface area (Å²) in [4.78, 5) is 10.5. The van der Waals surface area contributed by atoms with Gasteiger partial charge in [-0.05, 0) is 33.6 Å². The number of primary amides is 1. The van der Waals surface area contributed by atoms with Crippen molar-refractivity contribution in [1.29, 1.82) is 0 Å². The average Bonchev–Trinajstić information content (AvgIpc) is 2.54. The van der Waals surface area contributed by atoms with Crippen molar-refractivity contribution in [1.82, 2.24) is 5.43 Å². The highest BCUT2D eigenvalue weighted by Gasteiger charge is 2.14. The van der Waals surface area contributed by atoms with Crippen molar-refractivity contribution in [2.75, 3.05) is 13.2 Å². The van der Waals surface area contributed by atoms with Gasteiger partial charge in [-0.3, -0.25) is 0 Å². The Balaban J connectivity index is 2.23. The van der Waals surface area contributed by atoms with Crippen molar-refractivity contribution in [3.63, 3.8) is 0 Å². The largest absolute Gasteiger partial charge is 0.489 e. The molecule has 1 aliphatic rings. The molecule has 96 valence electrons. The number of carbonyl (C=O) groups excluding carboxylic acids is 1. The van der Waals surface area contributed by atoms with E-state index in [-0.39, 0.29) is 0 Å². The maximum Gasteiger partial charge on any atom is 0.332 e. The Morgan fingerprint density at radius 2 is 2.22 bits per heavy atom. The van der Waals surface area contributed by atoms with Crippen LogP contribution in [0.5, 0.6) is 11.5 Å². The number of carbonyl (C=O) groups is 1. The van der Waals surface area contributed by atoms with Crippen LogP contribution in [0.25, 0.3) is 0 Å². The first kappa shape index (κ1) is 12.7. The zero-order valence-electron chi connectivity index (χ0n) is 9.48. The number of halogens is 1. The first-order valence-electron chi connectivity index (χ1n) is 5.34. The quantitative estimate of drug-likeness (QED) is 0.642. The molecule has 18 heavy (non-hydrogen) atoms. The molecule has 0 aromatic heterocycles. The molecule has 0 saturated heterocycles. The fourth-order valence-corrected chi connectivity index (χ4v) is 2.07. The fourth-order valence-electron chi connectivity index (χ4n) is 1.50. The van der Waals surface area contributed by atoms with Crippen LogP contribution in [0, 0.1) is 0 Å². The Morgan fingerprint density at radius 1 is 1.44 bits per heavy atom. The molecule has 6 nitrogen and oxygen atoms in total. The van der Waals surface area contributed by atoms with Gasteiger partial charge in [0.25, 0.3) is 0 Å². The molecule has 0 radical (unpaired) electrons. The Hall–Kier alpha value is -1.76. The summed E-state index contributed by atoms with van der Waals surface area (Å²) >= 11 is 3.41. The smallest absolute Gasteiger partial charge is 0.332 e. The van der Waals surface area contributed by atoms with Crippen LogP contribution in [-0.4, -0.2) is 25.5 Å². The van der Waals surface area contributed by atoms with Crippen molar-refractivity contribution >= 4 is 28.2 Å². The number of benzene rings is 1. The standard InChI is InChI=1S/C11H12BrN3O3/c12-8-4-7(6-14-15-11(13)16)5-9-10(8)18-3-1-2-17-9/h4-6H,1-3H2,(H3,13,15,16). The minimum absolute atomic E-state index is 0.611. The molecule has 1 aliphatic heterocycles. The van der Waals surface area contributed by atoms with Crippen molar-refractivity contribution in [3.8, 4) is 11.5 Å². The van der Waals surface area contributed by atoms with Gasteiger partial charge in [0.05, 0.1) is 23.9 Å². The van der Waals surface area contributed by atoms with E-state index in [1.165, 1.54) is 6.21 Å². The molecular formula is C11H12BrN3O3. The van der Waals surface area contributed by atoms with Gasteiger partial charge in [-0.2, -0.15) is 5.10 Å². The zero-order chi connectivity index (χ0) is 13.0. The van der Waals surface area contributed by atoms with Crippen molar-refractivity contribution < 1.29 is 14.3 Å². The minimum atomic E-state index is -0.709. The molecule has 3 N–H and O–H groups in total. The number of nitrogens with zero attached hydrogens (tertiary/aromatic N) is 1. The summed E-state index contributed by atoms with van der Waals surface area (Å²) in [5, 5.41) is 3.69. The van der Waals surface area contributed by atoms with E-state index in [0.717, 1.165) is 16.5 Å². The molecular weight excluding hydrogens is 302 g/mol. The van der Waals surface area contributed by atoms with E-state index in [2.05, 4.69) is 26.5 Å². The summed E-state index contributed by atoms with van der Waals surface area (Å²) in [6, 6.07) is 2.90. The maximum absolute atomic E-state index is 10.5. The number of amides is 2. The normalized spacial score (nSPS) is 14.3. The fraction of sp³-hybridized carbons (Fsp3) is 0.273. The Labute approximate surface area is 112 Å². The zero-order valence-corrected chi connectivity index (χ0v) is 11.1. The first-order chi connectivity index (χ1) is 8.66. The topological polar surface area (TPSA) is 85.9 Å². The van der Waals surface area contributed by atoms with Gasteiger partial charge in [-0.25, -0.2) is 10.2 Å². The molecule has 0 fully saturated rings. The van der Waals surface area contributed by atoms with Crippen LogP contribution >= 0.6 is 15.9 Å². The number of hydrogen-bond acceptors (Lipinski definition) is 4. The summed E-state index contributed by atoms with van der Waals surface area (Å²) in [5.74, 6) is 1.34. The third-order valence-electron chi connectivity index (χ3n) is 2.21. The van der Waals surface area contributed by atoms with E-state index in [9.17, 15) is 4.79 Å². The van der Waals surface area contributed by atoms with Crippen molar-refractivity contribution in [2.24, 2.45) is 10.8 Å². The molecule has 0 atom stereocenters. The highest BCUT2D eigenvalue weighted by Crippen LogP contribution is 2.37. The Bertz CT molecular complexity index is 491. The van der Waals surface area contributed by atoms with Gasteiger partial charge >= 0.3 is 6.03 Å². The van der Waals surface area contributed by atoms with E-state index >= 15 is 0 Å². The Morgan fingerprint density at radius 3 is 3.00 bits per heavy atom. The van der Waals surface area contributed by atoms with Crippen molar-refractivity contribution in [2.45, 2.75) is 6.42 Å². The van der Waals surface area contributed by atoms with Crippen LogP contribution in [0.2, 0.25) is 0 Å². The molecule has 0 bridgehead atoms. The van der Waals surface area contributed by atoms with Gasteiger partial charge in [0, 0.05) is 6.42 Å². The van der Waals surface area contributed by atoms with Gasteiger partial charge in [-0.1, -0.05) is 0 Å². The van der Waals surface area contributed by atoms with E-state index in [4.69, 9.17) is 15.2 Å². The van der Waals surface area contributed by atoms with Crippen LogP contribution in [0.3, 0.4) is 0 Å². The Kier molecular flexibility index (Phi) is 4.03. The number of hydrazone groups is 1. The second kappa shape index (κ2) is 5.72. The van der Waals surface area contributed by atoms with Crippen LogP contribution in [0.1, 0.15) is 12.0 Å². The van der Waals surface area contributed by atoms with E-state index in [0.29, 0.717) is 24.7 Å². The lowest BCUT2D eigenvalue weighted by Crippen LogP contribution is -2.24. The third-order valence-corrected chi connectivity index (χ3v) is 2.80. The highest BCUT2D eigenvalue weighted by atomic mass is 79.9. The number of nitrogens with two attached hydrogens (primary N) is 1. The summed E-state index contributed by atoms with van der Waals surface area (Å²) in [7, 11) is 0. The summed E-state index contributed by atoms with van der Waals surface area (Å²) in [5.41, 5.74) is 7.79. The van der Waals surface area contributed by atoms with Gasteiger partial charge < -0.3 is 15.2 Å². The molecule has 1 aromatic carbocycles. The predicted octanol–water partition coefficient (Wildman–Crippen LogP) is 1.61. The number of ether oxygens (including phenoxy) is 2. The summed E-state index contributed by atoms with van der Waals surface area (Å²) < 4.78 is 11.9. The van der Waals surface area contributed by atoms with Crippen LogP contribution in [0.15, 0.2) is 21.7 Å². The van der Waals surface area contributed by atoms with Gasteiger partial charge in [0.15, 0.2) is 11.5 Å². The molecule has 1 aromatic rings. The number of nitrogens with one attached hydrogen (secondary N) is 1. The number of rotatable bonds is 2. The molecule has 7 heteroatoms. The molecule has 0 unspecified atom stereocenters. The van der Waals surface area contributed by atoms with Gasteiger partial charge in [0.2, 0.25) is 0 Å². The SMILES string of the molecule is NC(=O)NN=Cc1cc(Br)c2c(c1)OCCCO2. The van der Waals surface area contributed by atoms with Gasteiger partial charge in [-0.15, -0.1) is 0 Å². The van der Waals surface area contributed by atoms with Crippen LogP contribution < -0.4 is 20.6 Å². The van der Waals surface area contributed by atoms with Gasteiger partial charge in [0.1, 0.15) is 0 Å². The van der Waals surface area contributed by atoms with Crippen molar-refractivity contribution in [3.05, 3.63) is 22.2 Å². The molecule has 0 aliphatic carbocycles. The number of urea groups is 1. The van der Waals surface area contributed by atoms with Crippen LogP contribution in [0.4, 0.5) is 4.79 Å². The number of hydrogen-bond donors (Lipinski definition) is 2. The van der Waals surface area contributed by atoms with E-state index in [1.54, 1.807) is 6.07 Å². The summed E-state index contributed by atoms with van der Waals surface area (Å²) in [6.45, 7) is 1.24. The molecule has 2 amide bonds.